The van der Waals surface area contributed by atoms with Crippen LogP contribution in [0.4, 0.5) is 0 Å². The molecule has 0 aromatic rings. The van der Waals surface area contributed by atoms with Gasteiger partial charge in [-0.3, -0.25) is 4.79 Å². The van der Waals surface area contributed by atoms with Crippen molar-refractivity contribution in [2.24, 2.45) is 0 Å². The number of rotatable bonds is 28. The zero-order chi connectivity index (χ0) is 25.0. The van der Waals surface area contributed by atoms with Crippen LogP contribution in [0, 0.1) is 0 Å². The molecule has 0 aromatic heterocycles. The van der Waals surface area contributed by atoms with E-state index in [1.165, 1.54) is 116 Å². The molecule has 0 aliphatic rings. The van der Waals surface area contributed by atoms with Crippen LogP contribution in [0.1, 0.15) is 162 Å². The molecule has 0 saturated heterocycles. The highest BCUT2D eigenvalue weighted by Gasteiger charge is 2.13. The van der Waals surface area contributed by atoms with Crippen LogP contribution in [-0.4, -0.2) is 37.0 Å². The number of hydrogen-bond acceptors (Lipinski definition) is 4. The first kappa shape index (κ1) is 33.4. The summed E-state index contributed by atoms with van der Waals surface area (Å²) in [5, 5.41) is 9.35. The van der Waals surface area contributed by atoms with E-state index in [0.717, 1.165) is 25.7 Å². The van der Waals surface area contributed by atoms with Crippen molar-refractivity contribution in [3.05, 3.63) is 0 Å². The average molecular weight is 485 g/mol. The van der Waals surface area contributed by atoms with Gasteiger partial charge in [0.2, 0.25) is 0 Å². The van der Waals surface area contributed by atoms with Crippen molar-refractivity contribution in [2.75, 3.05) is 19.8 Å². The Labute approximate surface area is 213 Å². The molecule has 34 heavy (non-hydrogen) atoms. The predicted octanol–water partition coefficient (Wildman–Crippen LogP) is 8.92. The van der Waals surface area contributed by atoms with Crippen molar-refractivity contribution in [3.63, 3.8) is 0 Å². The number of aliphatic hydroxyl groups is 1. The van der Waals surface area contributed by atoms with Crippen LogP contribution in [0.3, 0.4) is 0 Å². The first-order chi connectivity index (χ1) is 16.7. The molecule has 1 unspecified atom stereocenters. The molecule has 0 bridgehead atoms. The van der Waals surface area contributed by atoms with Gasteiger partial charge in [0.25, 0.3) is 0 Å². The topological polar surface area (TPSA) is 55.8 Å². The van der Waals surface area contributed by atoms with Crippen LogP contribution < -0.4 is 0 Å². The number of carbonyl (C=O) groups is 1. The van der Waals surface area contributed by atoms with Crippen molar-refractivity contribution in [1.29, 1.82) is 0 Å². The van der Waals surface area contributed by atoms with Crippen molar-refractivity contribution in [2.45, 2.75) is 168 Å². The zero-order valence-electron chi connectivity index (χ0n) is 23.1. The summed E-state index contributed by atoms with van der Waals surface area (Å²) < 4.78 is 10.9. The molecule has 204 valence electrons. The first-order valence-corrected chi connectivity index (χ1v) is 15.1. The van der Waals surface area contributed by atoms with E-state index in [9.17, 15) is 9.90 Å². The minimum atomic E-state index is -0.519. The number of unbranched alkanes of at least 4 members (excludes halogenated alkanes) is 20. The Morgan fingerprint density at radius 2 is 0.971 bits per heavy atom. The van der Waals surface area contributed by atoms with E-state index in [2.05, 4.69) is 13.8 Å². The van der Waals surface area contributed by atoms with Gasteiger partial charge in [-0.05, 0) is 12.8 Å². The lowest BCUT2D eigenvalue weighted by molar-refractivity contribution is -0.154. The van der Waals surface area contributed by atoms with Gasteiger partial charge in [-0.15, -0.1) is 0 Å². The van der Waals surface area contributed by atoms with Crippen LogP contribution >= 0.6 is 0 Å². The quantitative estimate of drug-likeness (QED) is 0.0889. The van der Waals surface area contributed by atoms with Gasteiger partial charge < -0.3 is 14.6 Å². The SMILES string of the molecule is CCCCCCCCCCCCCCCCCCCCCOCC(CO)OC(=O)CCCCC. The summed E-state index contributed by atoms with van der Waals surface area (Å²) in [5.41, 5.74) is 0. The molecule has 1 atom stereocenters. The van der Waals surface area contributed by atoms with E-state index in [1.54, 1.807) is 0 Å². The molecular weight excluding hydrogens is 424 g/mol. The van der Waals surface area contributed by atoms with Gasteiger partial charge in [0.05, 0.1) is 13.2 Å². The maximum atomic E-state index is 11.7. The van der Waals surface area contributed by atoms with Crippen LogP contribution in [-0.2, 0) is 14.3 Å². The average Bonchev–Trinajstić information content (AvgIpc) is 2.84. The fourth-order valence-corrected chi connectivity index (χ4v) is 4.39. The van der Waals surface area contributed by atoms with E-state index < -0.39 is 6.10 Å². The highest BCUT2D eigenvalue weighted by molar-refractivity contribution is 5.69. The highest BCUT2D eigenvalue weighted by atomic mass is 16.6. The van der Waals surface area contributed by atoms with E-state index >= 15 is 0 Å². The number of carbonyl (C=O) groups excluding carboxylic acids is 1. The summed E-state index contributed by atoms with van der Waals surface area (Å²) in [6.45, 7) is 5.21. The molecule has 0 aliphatic carbocycles. The van der Waals surface area contributed by atoms with Gasteiger partial charge in [0.1, 0.15) is 6.10 Å². The summed E-state index contributed by atoms with van der Waals surface area (Å²) in [4.78, 5) is 11.7. The van der Waals surface area contributed by atoms with Gasteiger partial charge in [-0.25, -0.2) is 0 Å². The van der Waals surface area contributed by atoms with Gasteiger partial charge in [0, 0.05) is 13.0 Å². The largest absolute Gasteiger partial charge is 0.457 e. The molecule has 4 heteroatoms. The molecule has 1 N–H and O–H groups in total. The number of ether oxygens (including phenoxy) is 2. The molecule has 0 fully saturated rings. The summed E-state index contributed by atoms with van der Waals surface area (Å²) in [7, 11) is 0. The standard InChI is InChI=1S/C30H60O4/c1-3-5-7-8-9-10-11-12-13-14-15-16-17-18-19-20-21-22-24-26-33-28-29(27-31)34-30(32)25-23-6-4-2/h29,31H,3-28H2,1-2H3. The maximum Gasteiger partial charge on any atom is 0.306 e. The van der Waals surface area contributed by atoms with Gasteiger partial charge in [-0.2, -0.15) is 0 Å². The molecule has 0 radical (unpaired) electrons. The summed E-state index contributed by atoms with van der Waals surface area (Å²) in [6, 6.07) is 0. The highest BCUT2D eigenvalue weighted by Crippen LogP contribution is 2.14. The molecule has 0 rings (SSSR count). The molecule has 0 amide bonds. The van der Waals surface area contributed by atoms with Crippen LogP contribution in [0.5, 0.6) is 0 Å². The lowest BCUT2D eigenvalue weighted by Gasteiger charge is -2.15. The fraction of sp³-hybridized carbons (Fsp3) is 0.967. The second-order valence-electron chi connectivity index (χ2n) is 10.2. The number of aliphatic hydroxyl groups excluding tert-OH is 1. The summed E-state index contributed by atoms with van der Waals surface area (Å²) >= 11 is 0. The molecule has 0 saturated carbocycles. The smallest absolute Gasteiger partial charge is 0.306 e. The Kier molecular flexibility index (Phi) is 28.1. The molecular formula is C30H60O4. The number of esters is 1. The Hall–Kier alpha value is -0.610. The summed E-state index contributed by atoms with van der Waals surface area (Å²) in [5.74, 6) is -0.223. The zero-order valence-corrected chi connectivity index (χ0v) is 23.1. The second-order valence-corrected chi connectivity index (χ2v) is 10.2. The van der Waals surface area contributed by atoms with Crippen molar-refractivity contribution >= 4 is 5.97 Å². The normalized spacial score (nSPS) is 12.2. The number of hydrogen-bond donors (Lipinski definition) is 1. The fourth-order valence-electron chi connectivity index (χ4n) is 4.39. The molecule has 4 nitrogen and oxygen atoms in total. The molecule has 0 heterocycles. The van der Waals surface area contributed by atoms with E-state index in [4.69, 9.17) is 9.47 Å². The van der Waals surface area contributed by atoms with Gasteiger partial charge >= 0.3 is 5.97 Å². The Balaban J connectivity index is 3.25. The second kappa shape index (κ2) is 28.6. The van der Waals surface area contributed by atoms with Crippen molar-refractivity contribution in [1.82, 2.24) is 0 Å². The van der Waals surface area contributed by atoms with E-state index in [1.807, 2.05) is 0 Å². The van der Waals surface area contributed by atoms with Crippen molar-refractivity contribution in [3.8, 4) is 0 Å². The van der Waals surface area contributed by atoms with Crippen LogP contribution in [0.2, 0.25) is 0 Å². The minimum absolute atomic E-state index is 0.168. The molecule has 0 aromatic carbocycles. The lowest BCUT2D eigenvalue weighted by atomic mass is 10.0. The maximum absolute atomic E-state index is 11.7. The predicted molar refractivity (Wildman–Crippen MR) is 145 cm³/mol. The van der Waals surface area contributed by atoms with Crippen LogP contribution in [0.15, 0.2) is 0 Å². The molecule has 0 aliphatic heterocycles. The Bertz CT molecular complexity index is 399. The Morgan fingerprint density at radius 1 is 0.588 bits per heavy atom. The monoisotopic (exact) mass is 484 g/mol. The van der Waals surface area contributed by atoms with E-state index in [0.29, 0.717) is 19.6 Å². The van der Waals surface area contributed by atoms with E-state index in [-0.39, 0.29) is 12.6 Å². The van der Waals surface area contributed by atoms with Crippen molar-refractivity contribution < 1.29 is 19.4 Å². The van der Waals surface area contributed by atoms with Crippen LogP contribution in [0.25, 0.3) is 0 Å². The minimum Gasteiger partial charge on any atom is -0.457 e. The first-order valence-electron chi connectivity index (χ1n) is 15.1. The third kappa shape index (κ3) is 26.0. The third-order valence-corrected chi connectivity index (χ3v) is 6.68. The van der Waals surface area contributed by atoms with Gasteiger partial charge in [0.15, 0.2) is 0 Å². The Morgan fingerprint density at radius 3 is 1.38 bits per heavy atom. The third-order valence-electron chi connectivity index (χ3n) is 6.68. The molecule has 0 spiro atoms. The lowest BCUT2D eigenvalue weighted by Crippen LogP contribution is -2.27. The summed E-state index contributed by atoms with van der Waals surface area (Å²) in [6.07, 6.45) is 29.1. The van der Waals surface area contributed by atoms with Gasteiger partial charge in [-0.1, -0.05) is 142 Å².